The maximum Gasteiger partial charge on any atom is 0.416 e. The largest absolute Gasteiger partial charge is 0.416 e. The van der Waals surface area contributed by atoms with Crippen molar-refractivity contribution in [2.45, 2.75) is 25.2 Å². The summed E-state index contributed by atoms with van der Waals surface area (Å²) >= 11 is 1.88. The molecule has 0 amide bonds. The number of benzene rings is 1. The molecule has 0 spiro atoms. The van der Waals surface area contributed by atoms with Crippen LogP contribution in [0, 0.1) is 0 Å². The van der Waals surface area contributed by atoms with Crippen LogP contribution in [0.25, 0.3) is 0 Å². The summed E-state index contributed by atoms with van der Waals surface area (Å²) in [5, 5.41) is 0. The van der Waals surface area contributed by atoms with Crippen LogP contribution in [-0.4, -0.2) is 24.6 Å². The Morgan fingerprint density at radius 2 is 2.16 bits per heavy atom. The van der Waals surface area contributed by atoms with E-state index >= 15 is 0 Å². The Morgan fingerprint density at radius 1 is 1.42 bits per heavy atom. The quantitative estimate of drug-likeness (QED) is 0.927. The van der Waals surface area contributed by atoms with Crippen molar-refractivity contribution in [3.05, 3.63) is 29.3 Å². The third kappa shape index (κ3) is 3.17. The monoisotopic (exact) mass is 290 g/mol. The Labute approximate surface area is 115 Å². The van der Waals surface area contributed by atoms with Gasteiger partial charge in [-0.1, -0.05) is 0 Å². The second-order valence-electron chi connectivity index (χ2n) is 4.67. The number of nitrogens with zero attached hydrogens (tertiary/aromatic N) is 1. The lowest BCUT2D eigenvalue weighted by Crippen LogP contribution is -2.31. The van der Waals surface area contributed by atoms with Crippen LogP contribution in [0.3, 0.4) is 0 Å². The third-order valence-corrected chi connectivity index (χ3v) is 4.62. The fourth-order valence-corrected chi connectivity index (χ4v) is 3.55. The molecule has 1 atom stereocenters. The van der Waals surface area contributed by atoms with Gasteiger partial charge in [0.05, 0.1) is 5.56 Å². The van der Waals surface area contributed by atoms with Crippen LogP contribution in [0.1, 0.15) is 17.5 Å². The van der Waals surface area contributed by atoms with Crippen LogP contribution in [0.15, 0.2) is 18.2 Å². The number of hydrogen-bond acceptors (Lipinski definition) is 3. The molecule has 1 aliphatic heterocycles. The van der Waals surface area contributed by atoms with Gasteiger partial charge in [0.2, 0.25) is 0 Å². The molecule has 1 heterocycles. The van der Waals surface area contributed by atoms with E-state index in [2.05, 4.69) is 4.90 Å². The van der Waals surface area contributed by atoms with Crippen molar-refractivity contribution in [1.82, 2.24) is 0 Å². The number of rotatable bonds is 3. The highest BCUT2D eigenvalue weighted by atomic mass is 32.2. The first-order valence-corrected chi connectivity index (χ1v) is 7.29. The maximum absolute atomic E-state index is 12.8. The molecule has 2 N–H and O–H groups in total. The van der Waals surface area contributed by atoms with Gasteiger partial charge in [0.1, 0.15) is 0 Å². The Morgan fingerprint density at radius 3 is 2.68 bits per heavy atom. The minimum atomic E-state index is -4.34. The molecule has 1 unspecified atom stereocenters. The van der Waals surface area contributed by atoms with Crippen molar-refractivity contribution in [2.24, 2.45) is 5.73 Å². The van der Waals surface area contributed by atoms with Gasteiger partial charge >= 0.3 is 6.18 Å². The summed E-state index contributed by atoms with van der Waals surface area (Å²) in [6.07, 6.45) is -3.27. The maximum atomic E-state index is 12.8. The second kappa shape index (κ2) is 5.63. The molecule has 1 aliphatic rings. The van der Waals surface area contributed by atoms with Gasteiger partial charge in [-0.15, -0.1) is 0 Å². The molecular formula is C13H17F3N2S. The van der Waals surface area contributed by atoms with E-state index in [4.69, 9.17) is 5.73 Å². The Kier molecular flexibility index (Phi) is 4.30. The summed E-state index contributed by atoms with van der Waals surface area (Å²) in [4.78, 5) is 2.05. The lowest BCUT2D eigenvalue weighted by atomic mass is 10.0. The zero-order chi connectivity index (χ0) is 14.0. The Hall–Kier alpha value is -0.880. The summed E-state index contributed by atoms with van der Waals surface area (Å²) < 4.78 is 38.4. The van der Waals surface area contributed by atoms with Crippen molar-refractivity contribution in [2.75, 3.05) is 23.5 Å². The summed E-state index contributed by atoms with van der Waals surface area (Å²) in [5.74, 6) is 2.13. The van der Waals surface area contributed by atoms with Gasteiger partial charge in [0.15, 0.2) is 0 Å². The fraction of sp³-hybridized carbons (Fsp3) is 0.538. The molecule has 0 aromatic heterocycles. The van der Waals surface area contributed by atoms with Crippen LogP contribution >= 0.6 is 11.8 Å². The number of thioether (sulfide) groups is 1. The molecule has 0 aliphatic carbocycles. The molecule has 0 saturated carbocycles. The van der Waals surface area contributed by atoms with Gasteiger partial charge in [-0.3, -0.25) is 0 Å². The Bertz CT molecular complexity index is 442. The lowest BCUT2D eigenvalue weighted by Gasteiger charge is -2.27. The van der Waals surface area contributed by atoms with Crippen LogP contribution in [0.2, 0.25) is 0 Å². The second-order valence-corrected chi connectivity index (χ2v) is 5.82. The topological polar surface area (TPSA) is 29.3 Å². The van der Waals surface area contributed by atoms with Crippen molar-refractivity contribution in [3.8, 4) is 0 Å². The number of nitrogens with two attached hydrogens (primary N) is 1. The first-order valence-electron chi connectivity index (χ1n) is 6.14. The third-order valence-electron chi connectivity index (χ3n) is 3.47. The van der Waals surface area contributed by atoms with Gasteiger partial charge in [-0.25, -0.2) is 0 Å². The molecule has 0 radical (unpaired) electrons. The van der Waals surface area contributed by atoms with Crippen LogP contribution in [0.4, 0.5) is 18.9 Å². The zero-order valence-corrected chi connectivity index (χ0v) is 11.5. The average molecular weight is 290 g/mol. The molecule has 1 aromatic rings. The van der Waals surface area contributed by atoms with Crippen molar-refractivity contribution < 1.29 is 13.2 Å². The summed E-state index contributed by atoms with van der Waals surface area (Å²) in [5.41, 5.74) is 5.78. The highest BCUT2D eigenvalue weighted by molar-refractivity contribution is 7.99. The van der Waals surface area contributed by atoms with Gasteiger partial charge in [-0.05, 0) is 35.9 Å². The first kappa shape index (κ1) is 14.5. The summed E-state index contributed by atoms with van der Waals surface area (Å²) in [6.45, 7) is -0.101. The molecule has 2 rings (SSSR count). The Balaban J connectivity index is 2.28. The van der Waals surface area contributed by atoms with Gasteiger partial charge in [-0.2, -0.15) is 24.9 Å². The summed E-state index contributed by atoms with van der Waals surface area (Å²) in [7, 11) is 1.93. The molecule has 1 fully saturated rings. The number of halogens is 3. The van der Waals surface area contributed by atoms with E-state index in [-0.39, 0.29) is 12.1 Å². The zero-order valence-electron chi connectivity index (χ0n) is 10.7. The number of hydrogen-bond donors (Lipinski definition) is 1. The minimum Gasteiger partial charge on any atom is -0.371 e. The molecular weight excluding hydrogens is 273 g/mol. The molecule has 1 saturated heterocycles. The minimum absolute atomic E-state index is 0.101. The van der Waals surface area contributed by atoms with Crippen molar-refractivity contribution in [3.63, 3.8) is 0 Å². The highest BCUT2D eigenvalue weighted by Crippen LogP contribution is 2.34. The van der Waals surface area contributed by atoms with E-state index in [0.717, 1.165) is 29.7 Å². The van der Waals surface area contributed by atoms with E-state index in [1.165, 1.54) is 6.07 Å². The van der Waals surface area contributed by atoms with Crippen LogP contribution in [0.5, 0.6) is 0 Å². The van der Waals surface area contributed by atoms with Crippen molar-refractivity contribution >= 4 is 17.4 Å². The predicted molar refractivity (Wildman–Crippen MR) is 73.5 cm³/mol. The number of alkyl halides is 3. The lowest BCUT2D eigenvalue weighted by molar-refractivity contribution is -0.138. The fourth-order valence-electron chi connectivity index (χ4n) is 2.28. The van der Waals surface area contributed by atoms with E-state index < -0.39 is 11.7 Å². The predicted octanol–water partition coefficient (Wildman–Crippen LogP) is 3.11. The van der Waals surface area contributed by atoms with Crippen LogP contribution in [-0.2, 0) is 12.7 Å². The average Bonchev–Trinajstić information content (AvgIpc) is 2.89. The summed E-state index contributed by atoms with van der Waals surface area (Å²) in [6, 6.07) is 4.62. The molecule has 19 heavy (non-hydrogen) atoms. The molecule has 1 aromatic carbocycles. The van der Waals surface area contributed by atoms with E-state index in [0.29, 0.717) is 6.04 Å². The standard InChI is InChI=1S/C13H17F3N2S/c1-18(11-4-5-19-8-11)10-2-3-12(13(14,15)16)9(6-10)7-17/h2-3,6,11H,4-5,7-8,17H2,1H3. The van der Waals surface area contributed by atoms with E-state index in [1.807, 2.05) is 18.8 Å². The highest BCUT2D eigenvalue weighted by Gasteiger charge is 2.33. The van der Waals surface area contributed by atoms with Gasteiger partial charge in [0, 0.05) is 31.1 Å². The first-order chi connectivity index (χ1) is 8.93. The van der Waals surface area contributed by atoms with Crippen LogP contribution < -0.4 is 10.6 Å². The van der Waals surface area contributed by atoms with E-state index in [9.17, 15) is 13.2 Å². The van der Waals surface area contributed by atoms with Crippen molar-refractivity contribution in [1.29, 1.82) is 0 Å². The number of anilines is 1. The normalized spacial score (nSPS) is 19.7. The molecule has 6 heteroatoms. The van der Waals surface area contributed by atoms with Gasteiger partial charge in [0.25, 0.3) is 0 Å². The van der Waals surface area contributed by atoms with Gasteiger partial charge < -0.3 is 10.6 Å². The molecule has 0 bridgehead atoms. The SMILES string of the molecule is CN(c1ccc(C(F)(F)F)c(CN)c1)C1CCSC1. The smallest absolute Gasteiger partial charge is 0.371 e. The molecule has 106 valence electrons. The molecule has 2 nitrogen and oxygen atoms in total. The van der Waals surface area contributed by atoms with E-state index in [1.54, 1.807) is 6.07 Å².